The number of anilines is 1. The summed E-state index contributed by atoms with van der Waals surface area (Å²) in [6, 6.07) is 11.4. The second kappa shape index (κ2) is 11.9. The van der Waals surface area contributed by atoms with Crippen LogP contribution in [0.1, 0.15) is 46.1 Å². The third kappa shape index (κ3) is 9.14. The fourth-order valence-electron chi connectivity index (χ4n) is 3.45. The Balaban J connectivity index is 2.17. The highest BCUT2D eigenvalue weighted by Gasteiger charge is 2.28. The topological polar surface area (TPSA) is 86.8 Å². The summed E-state index contributed by atoms with van der Waals surface area (Å²) in [5.41, 5.74) is 0.658. The second-order valence-corrected chi connectivity index (χ2v) is 11.8. The predicted octanol–water partition coefficient (Wildman–Crippen LogP) is 4.36. The summed E-state index contributed by atoms with van der Waals surface area (Å²) < 4.78 is 39.0. The van der Waals surface area contributed by atoms with Crippen molar-refractivity contribution in [2.24, 2.45) is 0 Å². The van der Waals surface area contributed by atoms with E-state index in [1.165, 1.54) is 29.2 Å². The van der Waals surface area contributed by atoms with Gasteiger partial charge in [-0.25, -0.2) is 12.8 Å². The normalized spacial score (nSPS) is 12.7. The van der Waals surface area contributed by atoms with E-state index in [-0.39, 0.29) is 37.7 Å². The van der Waals surface area contributed by atoms with Crippen LogP contribution in [0.25, 0.3) is 0 Å². The number of benzene rings is 2. The molecule has 2 amide bonds. The minimum absolute atomic E-state index is 0.0218. The maximum absolute atomic E-state index is 13.3. The highest BCUT2D eigenvalue weighted by Crippen LogP contribution is 2.20. The number of nitrogens with one attached hydrogen (secondary N) is 1. The first kappa shape index (κ1) is 28.6. The summed E-state index contributed by atoms with van der Waals surface area (Å²) >= 11 is 5.97. The maximum atomic E-state index is 13.3. The van der Waals surface area contributed by atoms with Crippen molar-refractivity contribution in [2.45, 2.75) is 58.7 Å². The first-order valence-corrected chi connectivity index (χ1v) is 13.5. The summed E-state index contributed by atoms with van der Waals surface area (Å²) in [6.07, 6.45) is 1.30. The zero-order chi connectivity index (χ0) is 26.4. The number of carbonyl (C=O) groups is 2. The van der Waals surface area contributed by atoms with E-state index in [1.807, 2.05) is 20.8 Å². The van der Waals surface area contributed by atoms with Crippen LogP contribution in [0.15, 0.2) is 48.5 Å². The number of nitrogens with zero attached hydrogens (tertiary/aromatic N) is 2. The Morgan fingerprint density at radius 2 is 1.63 bits per heavy atom. The predicted molar refractivity (Wildman–Crippen MR) is 137 cm³/mol. The van der Waals surface area contributed by atoms with E-state index in [0.717, 1.165) is 16.1 Å². The molecular weight excluding hydrogens is 493 g/mol. The average molecular weight is 526 g/mol. The van der Waals surface area contributed by atoms with Gasteiger partial charge in [-0.1, -0.05) is 23.7 Å². The van der Waals surface area contributed by atoms with Gasteiger partial charge in [0.25, 0.3) is 0 Å². The zero-order valence-corrected chi connectivity index (χ0v) is 22.3. The molecule has 192 valence electrons. The number of sulfonamides is 1. The molecule has 1 atom stereocenters. The molecule has 2 aromatic rings. The van der Waals surface area contributed by atoms with Crippen molar-refractivity contribution in [1.82, 2.24) is 10.2 Å². The Bertz CT molecular complexity index is 1120. The van der Waals surface area contributed by atoms with E-state index in [4.69, 9.17) is 11.6 Å². The molecule has 0 saturated heterocycles. The molecule has 35 heavy (non-hydrogen) atoms. The van der Waals surface area contributed by atoms with Gasteiger partial charge < -0.3 is 10.2 Å². The first-order chi connectivity index (χ1) is 16.2. The third-order valence-electron chi connectivity index (χ3n) is 5.20. The Labute approximate surface area is 212 Å². The molecule has 0 aliphatic rings. The van der Waals surface area contributed by atoms with Crippen LogP contribution in [0.2, 0.25) is 5.02 Å². The summed E-state index contributed by atoms with van der Waals surface area (Å²) in [7, 11) is -3.64. The number of halogens is 2. The molecule has 0 aliphatic carbocycles. The zero-order valence-electron chi connectivity index (χ0n) is 20.7. The van der Waals surface area contributed by atoms with Crippen molar-refractivity contribution in [3.05, 3.63) is 64.9 Å². The number of hydrogen-bond donors (Lipinski definition) is 1. The third-order valence-corrected chi connectivity index (χ3v) is 6.64. The highest BCUT2D eigenvalue weighted by molar-refractivity contribution is 7.92. The second-order valence-electron chi connectivity index (χ2n) is 9.48. The van der Waals surface area contributed by atoms with Crippen LogP contribution in [-0.4, -0.2) is 49.5 Å². The van der Waals surface area contributed by atoms with Crippen molar-refractivity contribution in [3.8, 4) is 0 Å². The largest absolute Gasteiger partial charge is 0.350 e. The molecule has 0 spiro atoms. The van der Waals surface area contributed by atoms with E-state index in [2.05, 4.69) is 5.32 Å². The van der Waals surface area contributed by atoms with Gasteiger partial charge in [0, 0.05) is 30.1 Å². The van der Waals surface area contributed by atoms with Gasteiger partial charge in [0.1, 0.15) is 11.9 Å². The van der Waals surface area contributed by atoms with Crippen LogP contribution in [-0.2, 0) is 26.2 Å². The Morgan fingerprint density at radius 3 is 2.14 bits per heavy atom. The number of rotatable bonds is 10. The fraction of sp³-hybridized carbons (Fsp3) is 0.440. The molecular formula is C25H33ClFN3O4S. The van der Waals surface area contributed by atoms with Gasteiger partial charge in [-0.2, -0.15) is 0 Å². The average Bonchev–Trinajstić information content (AvgIpc) is 2.74. The molecule has 0 fully saturated rings. The van der Waals surface area contributed by atoms with Crippen LogP contribution >= 0.6 is 11.6 Å². The monoisotopic (exact) mass is 525 g/mol. The van der Waals surface area contributed by atoms with Crippen molar-refractivity contribution < 1.29 is 22.4 Å². The number of hydrogen-bond acceptors (Lipinski definition) is 4. The first-order valence-electron chi connectivity index (χ1n) is 11.3. The molecule has 1 N–H and O–H groups in total. The minimum atomic E-state index is -3.64. The fourth-order valence-corrected chi connectivity index (χ4v) is 4.55. The van der Waals surface area contributed by atoms with Gasteiger partial charge in [0.15, 0.2) is 0 Å². The van der Waals surface area contributed by atoms with Crippen molar-refractivity contribution in [1.29, 1.82) is 0 Å². The lowest BCUT2D eigenvalue weighted by molar-refractivity contribution is -0.141. The quantitative estimate of drug-likeness (QED) is 0.499. The molecule has 0 radical (unpaired) electrons. The Morgan fingerprint density at radius 1 is 1.06 bits per heavy atom. The van der Waals surface area contributed by atoms with E-state index in [0.29, 0.717) is 10.7 Å². The Kier molecular flexibility index (Phi) is 9.68. The van der Waals surface area contributed by atoms with Gasteiger partial charge in [0.05, 0.1) is 11.9 Å². The standard InChI is InChI=1S/C25H33ClFN3O4S/c1-18(24(32)28-25(2,3)4)29(17-19-8-10-20(26)11-9-19)23(31)7-6-16-30(35(5,33)34)22-14-12-21(27)13-15-22/h8-15,18H,6-7,16-17H2,1-5H3,(H,28,32)/t18-/m0/s1. The van der Waals surface area contributed by atoms with Crippen LogP contribution in [0.5, 0.6) is 0 Å². The van der Waals surface area contributed by atoms with Crippen molar-refractivity contribution >= 4 is 39.1 Å². The smallest absolute Gasteiger partial charge is 0.242 e. The van der Waals surface area contributed by atoms with E-state index >= 15 is 0 Å². The maximum Gasteiger partial charge on any atom is 0.242 e. The van der Waals surface area contributed by atoms with Crippen LogP contribution in [0.4, 0.5) is 10.1 Å². The number of amides is 2. The highest BCUT2D eigenvalue weighted by atomic mass is 35.5. The van der Waals surface area contributed by atoms with Crippen molar-refractivity contribution in [2.75, 3.05) is 17.1 Å². The molecule has 10 heteroatoms. The molecule has 0 unspecified atom stereocenters. The summed E-state index contributed by atoms with van der Waals surface area (Å²) in [5.74, 6) is -1.05. The molecule has 0 bridgehead atoms. The molecule has 0 saturated carbocycles. The Hall–Kier alpha value is -2.65. The lowest BCUT2D eigenvalue weighted by Gasteiger charge is -2.32. The molecule has 0 aromatic heterocycles. The van der Waals surface area contributed by atoms with Crippen LogP contribution in [0, 0.1) is 5.82 Å². The summed E-state index contributed by atoms with van der Waals surface area (Å²) in [4.78, 5) is 27.6. The van der Waals surface area contributed by atoms with Crippen molar-refractivity contribution in [3.63, 3.8) is 0 Å². The van der Waals surface area contributed by atoms with E-state index in [1.54, 1.807) is 31.2 Å². The molecule has 0 heterocycles. The SMILES string of the molecule is C[C@@H](C(=O)NC(C)(C)C)N(Cc1ccc(Cl)cc1)C(=O)CCCN(c1ccc(F)cc1)S(C)(=O)=O. The molecule has 7 nitrogen and oxygen atoms in total. The summed E-state index contributed by atoms with van der Waals surface area (Å²) in [6.45, 7) is 7.47. The van der Waals surface area contributed by atoms with E-state index in [9.17, 15) is 22.4 Å². The van der Waals surface area contributed by atoms with Gasteiger partial charge in [0.2, 0.25) is 21.8 Å². The van der Waals surface area contributed by atoms with Gasteiger partial charge in [-0.15, -0.1) is 0 Å². The number of carbonyl (C=O) groups excluding carboxylic acids is 2. The van der Waals surface area contributed by atoms with Crippen LogP contribution < -0.4 is 9.62 Å². The minimum Gasteiger partial charge on any atom is -0.350 e. The van der Waals surface area contributed by atoms with Gasteiger partial charge in [-0.3, -0.25) is 13.9 Å². The van der Waals surface area contributed by atoms with E-state index < -0.39 is 27.4 Å². The van der Waals surface area contributed by atoms with Crippen LogP contribution in [0.3, 0.4) is 0 Å². The molecule has 2 rings (SSSR count). The molecule has 2 aromatic carbocycles. The van der Waals surface area contributed by atoms with Gasteiger partial charge >= 0.3 is 0 Å². The lowest BCUT2D eigenvalue weighted by atomic mass is 10.1. The van der Waals surface area contributed by atoms with Gasteiger partial charge in [-0.05, 0) is 76.1 Å². The molecule has 0 aliphatic heterocycles. The lowest BCUT2D eigenvalue weighted by Crippen LogP contribution is -2.52. The summed E-state index contributed by atoms with van der Waals surface area (Å²) in [5, 5.41) is 3.46.